The molecule has 1 N–H and O–H groups in total. The summed E-state index contributed by atoms with van der Waals surface area (Å²) in [5.74, 6) is 1.92. The SMILES string of the molecule is COCCOc1ccc(C(=O)Nc2ccc(Oc3ccccc3)cc2)cc1Br. The van der Waals surface area contributed by atoms with E-state index in [4.69, 9.17) is 14.2 Å². The monoisotopic (exact) mass is 441 g/mol. The number of nitrogens with one attached hydrogen (secondary N) is 1. The van der Waals surface area contributed by atoms with Gasteiger partial charge in [0.1, 0.15) is 23.9 Å². The molecule has 3 aromatic rings. The van der Waals surface area contributed by atoms with E-state index < -0.39 is 0 Å². The molecule has 0 atom stereocenters. The molecule has 3 rings (SSSR count). The Kier molecular flexibility index (Phi) is 7.06. The molecule has 0 heterocycles. The molecule has 0 radical (unpaired) electrons. The Labute approximate surface area is 172 Å². The Hall–Kier alpha value is -2.83. The molecule has 0 aromatic heterocycles. The van der Waals surface area contributed by atoms with Gasteiger partial charge < -0.3 is 19.5 Å². The average Bonchev–Trinajstić information content (AvgIpc) is 2.71. The predicted molar refractivity (Wildman–Crippen MR) is 112 cm³/mol. The number of anilines is 1. The van der Waals surface area contributed by atoms with Crippen LogP contribution in [-0.4, -0.2) is 26.2 Å². The number of carbonyl (C=O) groups is 1. The Bertz CT molecular complexity index is 914. The van der Waals surface area contributed by atoms with Crippen molar-refractivity contribution in [2.75, 3.05) is 25.6 Å². The topological polar surface area (TPSA) is 56.8 Å². The minimum absolute atomic E-state index is 0.208. The second-order valence-electron chi connectivity index (χ2n) is 5.88. The first-order valence-corrected chi connectivity index (χ1v) is 9.50. The van der Waals surface area contributed by atoms with Gasteiger partial charge in [0, 0.05) is 18.4 Å². The number of para-hydroxylation sites is 1. The molecule has 0 fully saturated rings. The molecule has 28 heavy (non-hydrogen) atoms. The maximum atomic E-state index is 12.5. The van der Waals surface area contributed by atoms with Gasteiger partial charge in [-0.15, -0.1) is 0 Å². The van der Waals surface area contributed by atoms with Crippen molar-refractivity contribution in [1.82, 2.24) is 0 Å². The number of amides is 1. The number of methoxy groups -OCH3 is 1. The molecule has 6 heteroatoms. The Morgan fingerprint density at radius 2 is 1.64 bits per heavy atom. The number of ether oxygens (including phenoxy) is 3. The first kappa shape index (κ1) is 19.9. The Balaban J connectivity index is 1.60. The number of carbonyl (C=O) groups excluding carboxylic acids is 1. The molecule has 1 amide bonds. The molecule has 0 unspecified atom stereocenters. The molecule has 144 valence electrons. The minimum atomic E-state index is -0.208. The summed E-state index contributed by atoms with van der Waals surface area (Å²) < 4.78 is 17.0. The standard InChI is InChI=1S/C22H20BrNO4/c1-26-13-14-27-21-12-7-16(15-20(21)23)22(25)24-17-8-10-19(11-9-17)28-18-5-3-2-4-6-18/h2-12,15H,13-14H2,1H3,(H,24,25). The predicted octanol–water partition coefficient (Wildman–Crippen LogP) is 5.52. The smallest absolute Gasteiger partial charge is 0.255 e. The van der Waals surface area contributed by atoms with Gasteiger partial charge in [0.2, 0.25) is 0 Å². The quantitative estimate of drug-likeness (QED) is 0.467. The highest BCUT2D eigenvalue weighted by atomic mass is 79.9. The third-order valence-corrected chi connectivity index (χ3v) is 4.45. The largest absolute Gasteiger partial charge is 0.490 e. The van der Waals surface area contributed by atoms with Gasteiger partial charge >= 0.3 is 0 Å². The van der Waals surface area contributed by atoms with Gasteiger partial charge in [-0.3, -0.25) is 4.79 Å². The van der Waals surface area contributed by atoms with Crippen molar-refractivity contribution < 1.29 is 19.0 Å². The summed E-state index contributed by atoms with van der Waals surface area (Å²) in [6.07, 6.45) is 0. The summed E-state index contributed by atoms with van der Waals surface area (Å²) in [4.78, 5) is 12.5. The lowest BCUT2D eigenvalue weighted by atomic mass is 10.2. The zero-order valence-electron chi connectivity index (χ0n) is 15.4. The van der Waals surface area contributed by atoms with Crippen LogP contribution in [-0.2, 0) is 4.74 Å². The van der Waals surface area contributed by atoms with Gasteiger partial charge in [0.15, 0.2) is 0 Å². The lowest BCUT2D eigenvalue weighted by molar-refractivity contribution is 0.102. The highest BCUT2D eigenvalue weighted by molar-refractivity contribution is 9.10. The zero-order chi connectivity index (χ0) is 19.8. The van der Waals surface area contributed by atoms with E-state index in [-0.39, 0.29) is 5.91 Å². The molecule has 0 aliphatic heterocycles. The molecular formula is C22H20BrNO4. The number of hydrogen-bond donors (Lipinski definition) is 1. The third-order valence-electron chi connectivity index (χ3n) is 3.83. The maximum Gasteiger partial charge on any atom is 0.255 e. The first-order valence-electron chi connectivity index (χ1n) is 8.71. The molecule has 5 nitrogen and oxygen atoms in total. The van der Waals surface area contributed by atoms with Crippen molar-refractivity contribution in [3.05, 3.63) is 82.8 Å². The first-order chi connectivity index (χ1) is 13.7. The van der Waals surface area contributed by atoms with Crippen molar-refractivity contribution in [3.63, 3.8) is 0 Å². The van der Waals surface area contributed by atoms with Gasteiger partial charge in [-0.05, 0) is 70.5 Å². The van der Waals surface area contributed by atoms with Crippen molar-refractivity contribution in [1.29, 1.82) is 0 Å². The van der Waals surface area contributed by atoms with E-state index in [2.05, 4.69) is 21.2 Å². The number of rotatable bonds is 8. The van der Waals surface area contributed by atoms with Crippen molar-refractivity contribution in [2.24, 2.45) is 0 Å². The molecule has 0 spiro atoms. The second-order valence-corrected chi connectivity index (χ2v) is 6.73. The van der Waals surface area contributed by atoms with Crippen LogP contribution < -0.4 is 14.8 Å². The van der Waals surface area contributed by atoms with Crippen LogP contribution in [0.1, 0.15) is 10.4 Å². The van der Waals surface area contributed by atoms with E-state index in [1.807, 2.05) is 42.5 Å². The molecule has 0 bridgehead atoms. The summed E-state index contributed by atoms with van der Waals surface area (Å²) in [7, 11) is 1.62. The molecule has 0 saturated heterocycles. The lowest BCUT2D eigenvalue weighted by Crippen LogP contribution is -2.12. The molecule has 0 aliphatic carbocycles. The van der Waals surface area contributed by atoms with E-state index in [9.17, 15) is 4.79 Å². The van der Waals surface area contributed by atoms with Gasteiger partial charge in [-0.25, -0.2) is 0 Å². The van der Waals surface area contributed by atoms with Gasteiger partial charge in [-0.1, -0.05) is 18.2 Å². The van der Waals surface area contributed by atoms with Crippen LogP contribution in [0.3, 0.4) is 0 Å². The summed E-state index contributed by atoms with van der Waals surface area (Å²) in [6, 6.07) is 21.9. The van der Waals surface area contributed by atoms with E-state index in [0.717, 1.165) is 5.75 Å². The van der Waals surface area contributed by atoms with E-state index in [1.165, 1.54) is 0 Å². The van der Waals surface area contributed by atoms with Crippen LogP contribution in [0.15, 0.2) is 77.3 Å². The third kappa shape index (κ3) is 5.58. The van der Waals surface area contributed by atoms with Crippen molar-refractivity contribution in [3.8, 4) is 17.2 Å². The van der Waals surface area contributed by atoms with Crippen LogP contribution in [0.5, 0.6) is 17.2 Å². The summed E-state index contributed by atoms with van der Waals surface area (Å²) in [5, 5.41) is 2.87. The fourth-order valence-electron chi connectivity index (χ4n) is 2.43. The van der Waals surface area contributed by atoms with Crippen LogP contribution in [0.25, 0.3) is 0 Å². The Morgan fingerprint density at radius 1 is 0.929 bits per heavy atom. The van der Waals surface area contributed by atoms with Crippen molar-refractivity contribution in [2.45, 2.75) is 0 Å². The zero-order valence-corrected chi connectivity index (χ0v) is 16.9. The molecule has 3 aromatic carbocycles. The number of hydrogen-bond acceptors (Lipinski definition) is 4. The fraction of sp³-hybridized carbons (Fsp3) is 0.136. The van der Waals surface area contributed by atoms with Crippen LogP contribution in [0.4, 0.5) is 5.69 Å². The molecule has 0 saturated carbocycles. The van der Waals surface area contributed by atoms with Gasteiger partial charge in [0.05, 0.1) is 11.1 Å². The normalized spacial score (nSPS) is 10.4. The minimum Gasteiger partial charge on any atom is -0.490 e. The van der Waals surface area contributed by atoms with E-state index >= 15 is 0 Å². The summed E-state index contributed by atoms with van der Waals surface area (Å²) >= 11 is 3.43. The van der Waals surface area contributed by atoms with E-state index in [0.29, 0.717) is 40.4 Å². The second kappa shape index (κ2) is 9.92. The highest BCUT2D eigenvalue weighted by Gasteiger charge is 2.10. The maximum absolute atomic E-state index is 12.5. The molecule has 0 aliphatic rings. The lowest BCUT2D eigenvalue weighted by Gasteiger charge is -2.10. The van der Waals surface area contributed by atoms with Gasteiger partial charge in [-0.2, -0.15) is 0 Å². The van der Waals surface area contributed by atoms with Crippen LogP contribution >= 0.6 is 15.9 Å². The summed E-state index contributed by atoms with van der Waals surface area (Å²) in [5.41, 5.74) is 1.21. The summed E-state index contributed by atoms with van der Waals surface area (Å²) in [6.45, 7) is 0.941. The number of halogens is 1. The van der Waals surface area contributed by atoms with E-state index in [1.54, 1.807) is 37.4 Å². The van der Waals surface area contributed by atoms with Crippen LogP contribution in [0, 0.1) is 0 Å². The van der Waals surface area contributed by atoms with Gasteiger partial charge in [0.25, 0.3) is 5.91 Å². The average molecular weight is 442 g/mol. The molecular weight excluding hydrogens is 422 g/mol. The highest BCUT2D eigenvalue weighted by Crippen LogP contribution is 2.27. The Morgan fingerprint density at radius 3 is 2.32 bits per heavy atom. The van der Waals surface area contributed by atoms with Crippen LogP contribution in [0.2, 0.25) is 0 Å². The van der Waals surface area contributed by atoms with Crippen molar-refractivity contribution >= 4 is 27.5 Å². The fourth-order valence-corrected chi connectivity index (χ4v) is 2.92. The number of benzene rings is 3.